The molecule has 2 heterocycles. The van der Waals surface area contributed by atoms with Crippen LogP contribution >= 0.6 is 23.4 Å². The van der Waals surface area contributed by atoms with Crippen LogP contribution in [0.2, 0.25) is 5.02 Å². The van der Waals surface area contributed by atoms with E-state index in [0.717, 1.165) is 11.3 Å². The second-order valence-electron chi connectivity index (χ2n) is 5.27. The fourth-order valence-corrected chi connectivity index (χ4v) is 3.01. The van der Waals surface area contributed by atoms with Crippen molar-refractivity contribution in [1.29, 1.82) is 0 Å². The second kappa shape index (κ2) is 8.13. The van der Waals surface area contributed by atoms with Gasteiger partial charge in [-0.1, -0.05) is 41.6 Å². The van der Waals surface area contributed by atoms with Crippen LogP contribution < -0.4 is 5.32 Å². The van der Waals surface area contributed by atoms with Gasteiger partial charge in [0.15, 0.2) is 11.0 Å². The molecule has 3 aromatic rings. The van der Waals surface area contributed by atoms with Crippen molar-refractivity contribution in [2.24, 2.45) is 7.05 Å². The summed E-state index contributed by atoms with van der Waals surface area (Å²) in [5.74, 6) is 0.869. The van der Waals surface area contributed by atoms with Crippen LogP contribution in [0.3, 0.4) is 0 Å². The van der Waals surface area contributed by atoms with Crippen molar-refractivity contribution in [2.45, 2.75) is 11.7 Å². The Balaban J connectivity index is 1.54. The first kappa shape index (κ1) is 17.4. The van der Waals surface area contributed by atoms with E-state index in [4.69, 9.17) is 11.6 Å². The third-order valence-electron chi connectivity index (χ3n) is 3.46. The minimum Gasteiger partial charge on any atom is -0.351 e. The van der Waals surface area contributed by atoms with Gasteiger partial charge < -0.3 is 9.88 Å². The number of aromatic nitrogens is 4. The maximum absolute atomic E-state index is 12.0. The molecule has 0 fully saturated rings. The summed E-state index contributed by atoms with van der Waals surface area (Å²) in [5.41, 5.74) is 1.75. The zero-order chi connectivity index (χ0) is 17.6. The molecule has 0 saturated heterocycles. The number of hydrogen-bond donors (Lipinski definition) is 1. The van der Waals surface area contributed by atoms with Crippen molar-refractivity contribution in [2.75, 3.05) is 5.75 Å². The SMILES string of the molecule is Cn1c(SCC(=O)NCc2ccc(Cl)cc2)nnc1-c1ccccn1. The van der Waals surface area contributed by atoms with Gasteiger partial charge in [0.2, 0.25) is 5.91 Å². The Hall–Kier alpha value is -2.38. The lowest BCUT2D eigenvalue weighted by Crippen LogP contribution is -2.24. The zero-order valence-electron chi connectivity index (χ0n) is 13.5. The third kappa shape index (κ3) is 4.58. The standard InChI is InChI=1S/C17H16ClN5OS/c1-23-16(14-4-2-3-9-19-14)21-22-17(23)25-11-15(24)20-10-12-5-7-13(18)8-6-12/h2-9H,10-11H2,1H3,(H,20,24). The normalized spacial score (nSPS) is 10.6. The summed E-state index contributed by atoms with van der Waals surface area (Å²) in [6, 6.07) is 13.0. The number of nitrogens with one attached hydrogen (secondary N) is 1. The number of benzene rings is 1. The molecule has 1 amide bonds. The molecule has 0 aliphatic carbocycles. The number of rotatable bonds is 6. The fraction of sp³-hybridized carbons (Fsp3) is 0.176. The summed E-state index contributed by atoms with van der Waals surface area (Å²) in [7, 11) is 1.86. The van der Waals surface area contributed by atoms with E-state index in [1.165, 1.54) is 11.8 Å². The molecule has 2 aromatic heterocycles. The number of hydrogen-bond acceptors (Lipinski definition) is 5. The first-order valence-electron chi connectivity index (χ1n) is 7.58. The maximum Gasteiger partial charge on any atom is 0.230 e. The quantitative estimate of drug-likeness (QED) is 0.672. The fourth-order valence-electron chi connectivity index (χ4n) is 2.14. The first-order valence-corrected chi connectivity index (χ1v) is 8.94. The van der Waals surface area contributed by atoms with Crippen LogP contribution in [-0.4, -0.2) is 31.4 Å². The molecular weight excluding hydrogens is 358 g/mol. The highest BCUT2D eigenvalue weighted by Crippen LogP contribution is 2.20. The third-order valence-corrected chi connectivity index (χ3v) is 4.74. The number of halogens is 1. The number of amides is 1. The molecule has 6 nitrogen and oxygen atoms in total. The minimum atomic E-state index is -0.0673. The molecule has 0 radical (unpaired) electrons. The van der Waals surface area contributed by atoms with Crippen molar-refractivity contribution < 1.29 is 4.79 Å². The summed E-state index contributed by atoms with van der Waals surface area (Å²) in [6.45, 7) is 0.467. The van der Waals surface area contributed by atoms with Gasteiger partial charge in [-0.25, -0.2) is 0 Å². The number of pyridine rings is 1. The van der Waals surface area contributed by atoms with Crippen LogP contribution in [0, 0.1) is 0 Å². The summed E-state index contributed by atoms with van der Waals surface area (Å²) in [5, 5.41) is 12.5. The minimum absolute atomic E-state index is 0.0673. The van der Waals surface area contributed by atoms with Crippen molar-refractivity contribution in [3.8, 4) is 11.5 Å². The van der Waals surface area contributed by atoms with E-state index in [1.54, 1.807) is 18.3 Å². The van der Waals surface area contributed by atoms with E-state index < -0.39 is 0 Å². The number of nitrogens with zero attached hydrogens (tertiary/aromatic N) is 4. The average Bonchev–Trinajstić information content (AvgIpc) is 3.01. The number of thioether (sulfide) groups is 1. The topological polar surface area (TPSA) is 72.7 Å². The lowest BCUT2D eigenvalue weighted by molar-refractivity contribution is -0.118. The molecule has 1 N–H and O–H groups in total. The van der Waals surface area contributed by atoms with Gasteiger partial charge in [-0.05, 0) is 29.8 Å². The molecule has 0 aliphatic rings. The van der Waals surface area contributed by atoms with Crippen LogP contribution in [0.4, 0.5) is 0 Å². The van der Waals surface area contributed by atoms with Crippen LogP contribution in [0.25, 0.3) is 11.5 Å². The van der Waals surface area contributed by atoms with Crippen molar-refractivity contribution in [3.05, 3.63) is 59.2 Å². The lowest BCUT2D eigenvalue weighted by atomic mass is 10.2. The maximum atomic E-state index is 12.0. The monoisotopic (exact) mass is 373 g/mol. The van der Waals surface area contributed by atoms with E-state index in [-0.39, 0.29) is 11.7 Å². The van der Waals surface area contributed by atoms with Gasteiger partial charge in [-0.15, -0.1) is 10.2 Å². The Morgan fingerprint density at radius 1 is 1.20 bits per heavy atom. The van der Waals surface area contributed by atoms with Crippen molar-refractivity contribution in [1.82, 2.24) is 25.1 Å². The molecule has 0 spiro atoms. The first-order chi connectivity index (χ1) is 12.1. The van der Waals surface area contributed by atoms with E-state index in [2.05, 4.69) is 20.5 Å². The lowest BCUT2D eigenvalue weighted by Gasteiger charge is -2.06. The Morgan fingerprint density at radius 3 is 2.72 bits per heavy atom. The molecule has 0 unspecified atom stereocenters. The van der Waals surface area contributed by atoms with Crippen molar-refractivity contribution >= 4 is 29.3 Å². The molecule has 0 atom stereocenters. The van der Waals surface area contributed by atoms with Crippen LogP contribution in [0.15, 0.2) is 53.8 Å². The second-order valence-corrected chi connectivity index (χ2v) is 6.65. The average molecular weight is 374 g/mol. The molecule has 0 bridgehead atoms. The van der Waals surface area contributed by atoms with Gasteiger partial charge in [-0.3, -0.25) is 9.78 Å². The molecule has 25 heavy (non-hydrogen) atoms. The highest BCUT2D eigenvalue weighted by molar-refractivity contribution is 7.99. The molecule has 128 valence electrons. The summed E-state index contributed by atoms with van der Waals surface area (Å²) in [4.78, 5) is 16.3. The largest absolute Gasteiger partial charge is 0.351 e. The summed E-state index contributed by atoms with van der Waals surface area (Å²) >= 11 is 7.18. The van der Waals surface area contributed by atoms with Crippen molar-refractivity contribution in [3.63, 3.8) is 0 Å². The van der Waals surface area contributed by atoms with Crippen LogP contribution in [0.5, 0.6) is 0 Å². The molecule has 0 saturated carbocycles. The van der Waals surface area contributed by atoms with Gasteiger partial charge >= 0.3 is 0 Å². The Bertz CT molecular complexity index is 851. The smallest absolute Gasteiger partial charge is 0.230 e. The Labute approximate surface area is 154 Å². The Morgan fingerprint density at radius 2 is 2.00 bits per heavy atom. The highest BCUT2D eigenvalue weighted by Gasteiger charge is 2.13. The van der Waals surface area contributed by atoms with Crippen LogP contribution in [0.1, 0.15) is 5.56 Å². The summed E-state index contributed by atoms with van der Waals surface area (Å²) < 4.78 is 1.83. The van der Waals surface area contributed by atoms with Gasteiger partial charge in [-0.2, -0.15) is 0 Å². The highest BCUT2D eigenvalue weighted by atomic mass is 35.5. The molecule has 8 heteroatoms. The van der Waals surface area contributed by atoms with Gasteiger partial charge in [0.25, 0.3) is 0 Å². The van der Waals surface area contributed by atoms with Gasteiger partial charge in [0, 0.05) is 24.8 Å². The van der Waals surface area contributed by atoms with Gasteiger partial charge in [0.05, 0.1) is 5.75 Å². The molecular formula is C17H16ClN5OS. The van der Waals surface area contributed by atoms with Gasteiger partial charge in [0.1, 0.15) is 5.69 Å². The number of carbonyl (C=O) groups is 1. The molecule has 1 aromatic carbocycles. The van der Waals surface area contributed by atoms with E-state index in [9.17, 15) is 4.79 Å². The molecule has 0 aliphatic heterocycles. The predicted molar refractivity (Wildman–Crippen MR) is 98.3 cm³/mol. The van der Waals surface area contributed by atoms with Crippen LogP contribution in [-0.2, 0) is 18.4 Å². The van der Waals surface area contributed by atoms with E-state index >= 15 is 0 Å². The Kier molecular flexibility index (Phi) is 5.67. The number of carbonyl (C=O) groups excluding carboxylic acids is 1. The van der Waals surface area contributed by atoms with E-state index in [0.29, 0.717) is 22.5 Å². The van der Waals surface area contributed by atoms with E-state index in [1.807, 2.05) is 41.9 Å². The summed E-state index contributed by atoms with van der Waals surface area (Å²) in [6.07, 6.45) is 1.71. The predicted octanol–water partition coefficient (Wildman–Crippen LogP) is 2.94. The molecule has 3 rings (SSSR count). The zero-order valence-corrected chi connectivity index (χ0v) is 15.1.